The van der Waals surface area contributed by atoms with Crippen molar-refractivity contribution < 1.29 is 0 Å². The molecular formula is C7H9NTe. The van der Waals surface area contributed by atoms with Gasteiger partial charge in [0.15, 0.2) is 0 Å². The maximum atomic E-state index is 4.25. The van der Waals surface area contributed by atoms with Crippen molar-refractivity contribution in [3.63, 3.8) is 0 Å². The van der Waals surface area contributed by atoms with Crippen molar-refractivity contribution in [1.82, 2.24) is 4.98 Å². The topological polar surface area (TPSA) is 12.9 Å². The Bertz CT molecular complexity index is 181. The molecule has 0 atom stereocenters. The summed E-state index contributed by atoms with van der Waals surface area (Å²) in [6, 6.07) is 4.24. The zero-order valence-electron chi connectivity index (χ0n) is 5.59. The number of nitrogens with zero attached hydrogens (tertiary/aromatic N) is 1. The van der Waals surface area contributed by atoms with Gasteiger partial charge >= 0.3 is 65.4 Å². The second-order valence-corrected chi connectivity index (χ2v) is 4.24. The molecule has 1 nitrogen and oxygen atoms in total. The molecule has 0 amide bonds. The van der Waals surface area contributed by atoms with Crippen LogP contribution in [0.15, 0.2) is 18.3 Å². The van der Waals surface area contributed by atoms with Crippen molar-refractivity contribution in [2.45, 2.75) is 11.9 Å². The average Bonchev–Trinajstić information content (AvgIpc) is 1.90. The Kier molecular flexibility index (Phi) is 2.50. The van der Waals surface area contributed by atoms with Gasteiger partial charge in [0, 0.05) is 0 Å². The molecule has 0 unspecified atom stereocenters. The van der Waals surface area contributed by atoms with Crippen LogP contribution < -0.4 is 3.74 Å². The molecule has 9 heavy (non-hydrogen) atoms. The van der Waals surface area contributed by atoms with Gasteiger partial charge in [0.25, 0.3) is 0 Å². The molecule has 1 aromatic heterocycles. The molecule has 1 aromatic rings. The van der Waals surface area contributed by atoms with E-state index >= 15 is 0 Å². The van der Waals surface area contributed by atoms with Crippen molar-refractivity contribution in [2.24, 2.45) is 0 Å². The van der Waals surface area contributed by atoms with Crippen LogP contribution in [-0.2, 0) is 0 Å². The fourth-order valence-corrected chi connectivity index (χ4v) is 1.61. The van der Waals surface area contributed by atoms with Crippen molar-refractivity contribution >= 4 is 24.7 Å². The first-order valence-electron chi connectivity index (χ1n) is 2.79. The Morgan fingerprint density at radius 2 is 2.22 bits per heavy atom. The molecule has 0 saturated carbocycles. The summed E-state index contributed by atoms with van der Waals surface area (Å²) in [5.74, 6) is 0. The van der Waals surface area contributed by atoms with Gasteiger partial charge in [-0.25, -0.2) is 0 Å². The van der Waals surface area contributed by atoms with Gasteiger partial charge in [0.1, 0.15) is 0 Å². The summed E-state index contributed by atoms with van der Waals surface area (Å²) >= 11 is 0.0323. The number of aromatic nitrogens is 1. The predicted molar refractivity (Wildman–Crippen MR) is 40.2 cm³/mol. The Hall–Kier alpha value is -0.0604. The molecule has 0 spiro atoms. The number of hydrogen-bond donors (Lipinski definition) is 0. The van der Waals surface area contributed by atoms with Gasteiger partial charge in [-0.3, -0.25) is 0 Å². The Morgan fingerprint density at radius 1 is 1.44 bits per heavy atom. The van der Waals surface area contributed by atoms with Crippen LogP contribution in [0.4, 0.5) is 0 Å². The van der Waals surface area contributed by atoms with Crippen LogP contribution in [0.5, 0.6) is 0 Å². The van der Waals surface area contributed by atoms with Crippen molar-refractivity contribution in [3.05, 3.63) is 23.9 Å². The maximum absolute atomic E-state index is 4.25. The van der Waals surface area contributed by atoms with E-state index in [-0.39, 0.29) is 20.9 Å². The van der Waals surface area contributed by atoms with E-state index < -0.39 is 0 Å². The van der Waals surface area contributed by atoms with E-state index in [4.69, 9.17) is 0 Å². The molecule has 0 aromatic carbocycles. The first-order chi connectivity index (χ1) is 4.33. The van der Waals surface area contributed by atoms with Crippen LogP contribution in [0.25, 0.3) is 0 Å². The fourth-order valence-electron chi connectivity index (χ4n) is 0.575. The molecule has 0 saturated heterocycles. The molecule has 1 heterocycles. The molecule has 0 bridgehead atoms. The SMILES string of the molecule is C[Te]c1ccc(C)cn1. The number of pyridine rings is 1. The molecule has 0 aliphatic rings. The fraction of sp³-hybridized carbons (Fsp3) is 0.286. The number of rotatable bonds is 1. The first kappa shape index (κ1) is 7.05. The van der Waals surface area contributed by atoms with Crippen LogP contribution >= 0.6 is 0 Å². The molecule has 0 aliphatic heterocycles. The molecule has 0 aliphatic carbocycles. The van der Waals surface area contributed by atoms with E-state index in [9.17, 15) is 0 Å². The predicted octanol–water partition coefficient (Wildman–Crippen LogP) is 0.768. The van der Waals surface area contributed by atoms with E-state index in [1.807, 2.05) is 6.20 Å². The van der Waals surface area contributed by atoms with Crippen molar-refractivity contribution in [3.8, 4) is 0 Å². The zero-order valence-corrected chi connectivity index (χ0v) is 7.92. The third-order valence-electron chi connectivity index (χ3n) is 1.09. The summed E-state index contributed by atoms with van der Waals surface area (Å²) in [6.07, 6.45) is 1.93. The van der Waals surface area contributed by atoms with Gasteiger partial charge in [-0.05, 0) is 0 Å². The normalized spacial score (nSPS) is 9.56. The molecule has 1 rings (SSSR count). The molecule has 48 valence electrons. The molecular weight excluding hydrogens is 226 g/mol. The molecule has 2 heteroatoms. The number of hydrogen-bond acceptors (Lipinski definition) is 1. The van der Waals surface area contributed by atoms with Crippen LogP contribution in [-0.4, -0.2) is 25.9 Å². The summed E-state index contributed by atoms with van der Waals surface area (Å²) in [5, 5.41) is 0. The summed E-state index contributed by atoms with van der Waals surface area (Å²) in [6.45, 7) is 2.06. The second kappa shape index (κ2) is 3.19. The molecule has 0 N–H and O–H groups in total. The standard InChI is InChI=1S/C7H9NTe/c1-6-3-4-7(9-2)8-5-6/h3-5H,1-2H3. The first-order valence-corrected chi connectivity index (χ1v) is 6.29. The van der Waals surface area contributed by atoms with Crippen molar-refractivity contribution in [2.75, 3.05) is 0 Å². The number of aryl methyl sites for hydroxylation is 1. The van der Waals surface area contributed by atoms with Gasteiger partial charge in [0.05, 0.1) is 0 Å². The zero-order chi connectivity index (χ0) is 6.69. The summed E-state index contributed by atoms with van der Waals surface area (Å²) in [7, 11) is 0. The van der Waals surface area contributed by atoms with E-state index in [1.54, 1.807) is 0 Å². The molecule has 0 radical (unpaired) electrons. The van der Waals surface area contributed by atoms with E-state index in [0.29, 0.717) is 0 Å². The summed E-state index contributed by atoms with van der Waals surface area (Å²) < 4.78 is 1.30. The third kappa shape index (κ3) is 1.96. The van der Waals surface area contributed by atoms with Crippen molar-refractivity contribution in [1.29, 1.82) is 0 Å². The average molecular weight is 235 g/mol. The minimum atomic E-state index is 0.0323. The second-order valence-electron chi connectivity index (χ2n) is 1.88. The summed E-state index contributed by atoms with van der Waals surface area (Å²) in [5.41, 5.74) is 1.25. The van der Waals surface area contributed by atoms with Gasteiger partial charge in [-0.15, -0.1) is 0 Å². The van der Waals surface area contributed by atoms with Crippen LogP contribution in [0.3, 0.4) is 0 Å². The van der Waals surface area contributed by atoms with E-state index in [0.717, 1.165) is 0 Å². The Labute approximate surface area is 65.6 Å². The van der Waals surface area contributed by atoms with Crippen LogP contribution in [0.2, 0.25) is 4.97 Å². The van der Waals surface area contributed by atoms with Gasteiger partial charge < -0.3 is 0 Å². The van der Waals surface area contributed by atoms with Crippen LogP contribution in [0.1, 0.15) is 5.56 Å². The third-order valence-corrected chi connectivity index (χ3v) is 2.98. The summed E-state index contributed by atoms with van der Waals surface area (Å²) in [4.78, 5) is 6.49. The van der Waals surface area contributed by atoms with E-state index in [2.05, 4.69) is 29.0 Å². The quantitative estimate of drug-likeness (QED) is 0.655. The minimum absolute atomic E-state index is 0.0323. The monoisotopic (exact) mass is 237 g/mol. The van der Waals surface area contributed by atoms with Crippen LogP contribution in [0, 0.1) is 6.92 Å². The van der Waals surface area contributed by atoms with E-state index in [1.165, 1.54) is 9.31 Å². The van der Waals surface area contributed by atoms with Gasteiger partial charge in [-0.1, -0.05) is 0 Å². The Balaban J connectivity index is 2.88. The van der Waals surface area contributed by atoms with Gasteiger partial charge in [0.2, 0.25) is 0 Å². The Morgan fingerprint density at radius 3 is 2.67 bits per heavy atom. The van der Waals surface area contributed by atoms with Gasteiger partial charge in [-0.2, -0.15) is 0 Å². The molecule has 0 fully saturated rings.